The number of ether oxygens (including phenoxy) is 1. The molecule has 0 amide bonds. The molecule has 0 aliphatic carbocycles. The van der Waals surface area contributed by atoms with Gasteiger partial charge >= 0.3 is 5.97 Å². The average Bonchev–Trinajstić information content (AvgIpc) is 2.28. The van der Waals surface area contributed by atoms with Gasteiger partial charge in [-0.25, -0.2) is 4.79 Å². The fourth-order valence-electron chi connectivity index (χ4n) is 1.73. The molecule has 0 bridgehead atoms. The van der Waals surface area contributed by atoms with E-state index >= 15 is 0 Å². The molecule has 0 spiro atoms. The molecule has 0 saturated carbocycles. The zero-order valence-corrected chi connectivity index (χ0v) is 10.4. The quantitative estimate of drug-likeness (QED) is 0.375. The molecule has 1 aromatic rings. The number of esters is 1. The summed E-state index contributed by atoms with van der Waals surface area (Å²) < 4.78 is 4.91. The van der Waals surface area contributed by atoms with Gasteiger partial charge in [0, 0.05) is 12.1 Å². The van der Waals surface area contributed by atoms with Gasteiger partial charge in [0.15, 0.2) is 0 Å². The Morgan fingerprint density at radius 2 is 2.11 bits per heavy atom. The van der Waals surface area contributed by atoms with Crippen molar-refractivity contribution in [1.29, 1.82) is 0 Å². The number of hydrogen-bond acceptors (Lipinski definition) is 5. The first-order valence-electron chi connectivity index (χ1n) is 5.75. The maximum absolute atomic E-state index is 11.8. The Hall–Kier alpha value is -2.11. The number of nitrogens with two attached hydrogens (primary N) is 1. The number of nitro benzene ring substituents is 1. The van der Waals surface area contributed by atoms with Crippen LogP contribution in [0.4, 0.5) is 11.4 Å². The van der Waals surface area contributed by atoms with Crippen LogP contribution >= 0.6 is 0 Å². The Balaban J connectivity index is 3.30. The Kier molecular flexibility index (Phi) is 4.65. The van der Waals surface area contributed by atoms with Gasteiger partial charge in [-0.05, 0) is 18.9 Å². The van der Waals surface area contributed by atoms with Crippen LogP contribution in [0.1, 0.15) is 36.2 Å². The van der Waals surface area contributed by atoms with Crippen molar-refractivity contribution < 1.29 is 14.5 Å². The van der Waals surface area contributed by atoms with Gasteiger partial charge in [-0.15, -0.1) is 0 Å². The molecule has 0 aromatic heterocycles. The van der Waals surface area contributed by atoms with Crippen molar-refractivity contribution in [2.45, 2.75) is 26.7 Å². The van der Waals surface area contributed by atoms with Gasteiger partial charge in [0.1, 0.15) is 0 Å². The second-order valence-electron chi connectivity index (χ2n) is 3.80. The molecule has 98 valence electrons. The first kappa shape index (κ1) is 14.0. The van der Waals surface area contributed by atoms with E-state index in [1.54, 1.807) is 6.92 Å². The predicted molar refractivity (Wildman–Crippen MR) is 67.5 cm³/mol. The number of hydrogen-bond donors (Lipinski definition) is 1. The second kappa shape index (κ2) is 6.00. The maximum atomic E-state index is 11.8. The van der Waals surface area contributed by atoms with Gasteiger partial charge < -0.3 is 10.5 Å². The Bertz CT molecular complexity index is 471. The van der Waals surface area contributed by atoms with E-state index in [1.165, 1.54) is 12.1 Å². The topological polar surface area (TPSA) is 95.5 Å². The van der Waals surface area contributed by atoms with E-state index in [2.05, 4.69) is 0 Å². The SMILES string of the molecule is CCCc1cc([N+](=O)[O-])cc(N)c1C(=O)OCC. The van der Waals surface area contributed by atoms with Gasteiger partial charge in [-0.2, -0.15) is 0 Å². The summed E-state index contributed by atoms with van der Waals surface area (Å²) in [6.07, 6.45) is 1.30. The molecular formula is C12H16N2O4. The summed E-state index contributed by atoms with van der Waals surface area (Å²) in [5.41, 5.74) is 6.50. The fourth-order valence-corrected chi connectivity index (χ4v) is 1.73. The molecule has 0 radical (unpaired) electrons. The number of aryl methyl sites for hydroxylation is 1. The summed E-state index contributed by atoms with van der Waals surface area (Å²) in [6.45, 7) is 3.85. The number of nitro groups is 1. The van der Waals surface area contributed by atoms with Gasteiger partial charge in [0.05, 0.1) is 22.8 Å². The van der Waals surface area contributed by atoms with Crippen molar-refractivity contribution in [3.63, 3.8) is 0 Å². The van der Waals surface area contributed by atoms with Crippen LogP contribution in [0.2, 0.25) is 0 Å². The van der Waals surface area contributed by atoms with Gasteiger partial charge in [0.2, 0.25) is 0 Å². The lowest BCUT2D eigenvalue weighted by molar-refractivity contribution is -0.384. The molecule has 1 aromatic carbocycles. The van der Waals surface area contributed by atoms with Crippen LogP contribution in [0.3, 0.4) is 0 Å². The number of nitrogen functional groups attached to an aromatic ring is 1. The van der Waals surface area contributed by atoms with Crippen molar-refractivity contribution in [3.05, 3.63) is 33.4 Å². The highest BCUT2D eigenvalue weighted by atomic mass is 16.6. The minimum absolute atomic E-state index is 0.0890. The normalized spacial score (nSPS) is 10.1. The molecule has 0 aliphatic heterocycles. The summed E-state index contributed by atoms with van der Waals surface area (Å²) in [5, 5.41) is 10.8. The van der Waals surface area contributed by atoms with Crippen molar-refractivity contribution in [3.8, 4) is 0 Å². The number of rotatable bonds is 5. The smallest absolute Gasteiger partial charge is 0.340 e. The van der Waals surface area contributed by atoms with Gasteiger partial charge in [-0.3, -0.25) is 10.1 Å². The molecule has 0 atom stereocenters. The minimum Gasteiger partial charge on any atom is -0.462 e. The van der Waals surface area contributed by atoms with Crippen LogP contribution in [0.15, 0.2) is 12.1 Å². The van der Waals surface area contributed by atoms with Crippen molar-refractivity contribution in [2.24, 2.45) is 0 Å². The number of carbonyl (C=O) groups is 1. The van der Waals surface area contributed by atoms with Crippen molar-refractivity contribution in [1.82, 2.24) is 0 Å². The standard InChI is InChI=1S/C12H16N2O4/c1-3-5-8-6-9(14(16)17)7-10(13)11(8)12(15)18-4-2/h6-7H,3-5,13H2,1-2H3. The highest BCUT2D eigenvalue weighted by Crippen LogP contribution is 2.26. The van der Waals surface area contributed by atoms with Crippen LogP contribution < -0.4 is 5.73 Å². The first-order chi connectivity index (χ1) is 8.51. The van der Waals surface area contributed by atoms with Gasteiger partial charge in [-0.1, -0.05) is 13.3 Å². The Labute approximate surface area is 105 Å². The zero-order chi connectivity index (χ0) is 13.7. The number of benzene rings is 1. The highest BCUT2D eigenvalue weighted by molar-refractivity contribution is 5.97. The molecule has 0 aliphatic rings. The van der Waals surface area contributed by atoms with E-state index in [1.807, 2.05) is 6.92 Å². The zero-order valence-electron chi connectivity index (χ0n) is 10.4. The Morgan fingerprint density at radius 3 is 2.61 bits per heavy atom. The summed E-state index contributed by atoms with van der Waals surface area (Å²) in [6, 6.07) is 2.57. The van der Waals surface area contributed by atoms with E-state index in [0.29, 0.717) is 12.0 Å². The molecule has 2 N–H and O–H groups in total. The summed E-state index contributed by atoms with van der Waals surface area (Å²) in [4.78, 5) is 22.0. The maximum Gasteiger partial charge on any atom is 0.340 e. The lowest BCUT2D eigenvalue weighted by Crippen LogP contribution is -2.12. The number of anilines is 1. The third kappa shape index (κ3) is 2.97. The van der Waals surface area contributed by atoms with Crippen LogP contribution in [0.25, 0.3) is 0 Å². The molecule has 0 heterocycles. The highest BCUT2D eigenvalue weighted by Gasteiger charge is 2.20. The van der Waals surface area contributed by atoms with Crippen LogP contribution in [0.5, 0.6) is 0 Å². The lowest BCUT2D eigenvalue weighted by Gasteiger charge is -2.10. The molecule has 0 fully saturated rings. The van der Waals surface area contributed by atoms with Crippen LogP contribution in [-0.2, 0) is 11.2 Å². The van der Waals surface area contributed by atoms with E-state index in [0.717, 1.165) is 6.42 Å². The minimum atomic E-state index is -0.534. The van der Waals surface area contributed by atoms with Crippen molar-refractivity contribution in [2.75, 3.05) is 12.3 Å². The van der Waals surface area contributed by atoms with Crippen LogP contribution in [-0.4, -0.2) is 17.5 Å². The Morgan fingerprint density at radius 1 is 1.44 bits per heavy atom. The van der Waals surface area contributed by atoms with E-state index < -0.39 is 10.9 Å². The molecule has 6 nitrogen and oxygen atoms in total. The molecule has 0 saturated heterocycles. The van der Waals surface area contributed by atoms with Crippen molar-refractivity contribution >= 4 is 17.3 Å². The monoisotopic (exact) mass is 252 g/mol. The van der Waals surface area contributed by atoms with Gasteiger partial charge in [0.25, 0.3) is 5.69 Å². The molecule has 18 heavy (non-hydrogen) atoms. The lowest BCUT2D eigenvalue weighted by atomic mass is 10.0. The third-order valence-corrected chi connectivity index (χ3v) is 2.45. The molecular weight excluding hydrogens is 236 g/mol. The average molecular weight is 252 g/mol. The third-order valence-electron chi connectivity index (χ3n) is 2.45. The number of non-ortho nitro benzene ring substituents is 1. The molecule has 6 heteroatoms. The van der Waals surface area contributed by atoms with E-state index in [-0.39, 0.29) is 23.5 Å². The summed E-state index contributed by atoms with van der Waals surface area (Å²) in [7, 11) is 0. The molecule has 1 rings (SSSR count). The second-order valence-corrected chi connectivity index (χ2v) is 3.80. The number of carbonyl (C=O) groups excluding carboxylic acids is 1. The van der Waals surface area contributed by atoms with E-state index in [9.17, 15) is 14.9 Å². The summed E-state index contributed by atoms with van der Waals surface area (Å²) in [5.74, 6) is -0.534. The molecule has 0 unspecified atom stereocenters. The van der Waals surface area contributed by atoms with E-state index in [4.69, 9.17) is 10.5 Å². The summed E-state index contributed by atoms with van der Waals surface area (Å²) >= 11 is 0. The number of nitrogens with zero attached hydrogens (tertiary/aromatic N) is 1. The first-order valence-corrected chi connectivity index (χ1v) is 5.75. The fraction of sp³-hybridized carbons (Fsp3) is 0.417. The predicted octanol–water partition coefficient (Wildman–Crippen LogP) is 2.31. The van der Waals surface area contributed by atoms with Crippen LogP contribution in [0, 0.1) is 10.1 Å². The largest absolute Gasteiger partial charge is 0.462 e.